The molecule has 5 nitrogen and oxygen atoms in total. The van der Waals surface area contributed by atoms with Crippen LogP contribution in [0, 0.1) is 0 Å². The van der Waals surface area contributed by atoms with E-state index in [-0.39, 0.29) is 6.09 Å². The Morgan fingerprint density at radius 3 is 2.48 bits per heavy atom. The maximum Gasteiger partial charge on any atom is 0.410 e. The zero-order valence-electron chi connectivity index (χ0n) is 18.1. The average molecular weight is 423 g/mol. The predicted octanol–water partition coefficient (Wildman–Crippen LogP) is 5.32. The van der Waals surface area contributed by atoms with Crippen molar-refractivity contribution in [2.24, 2.45) is 0 Å². The molecule has 0 radical (unpaired) electrons. The van der Waals surface area contributed by atoms with Crippen molar-refractivity contribution in [3.63, 3.8) is 0 Å². The summed E-state index contributed by atoms with van der Waals surface area (Å²) in [6.45, 7) is 11.4. The Labute approximate surface area is 180 Å². The van der Waals surface area contributed by atoms with E-state index in [2.05, 4.69) is 11.0 Å². The van der Waals surface area contributed by atoms with E-state index in [4.69, 9.17) is 21.1 Å². The van der Waals surface area contributed by atoms with Crippen LogP contribution in [0.2, 0.25) is 5.02 Å². The second-order valence-electron chi connectivity index (χ2n) is 9.17. The van der Waals surface area contributed by atoms with Crippen molar-refractivity contribution in [2.75, 3.05) is 39.3 Å². The van der Waals surface area contributed by atoms with Gasteiger partial charge in [0.25, 0.3) is 0 Å². The van der Waals surface area contributed by atoms with Gasteiger partial charge in [0.2, 0.25) is 0 Å². The van der Waals surface area contributed by atoms with Gasteiger partial charge in [0.05, 0.1) is 6.61 Å². The van der Waals surface area contributed by atoms with Crippen LogP contribution in [0.5, 0.6) is 5.75 Å². The molecule has 29 heavy (non-hydrogen) atoms. The summed E-state index contributed by atoms with van der Waals surface area (Å²) >= 11 is 6.24. The third-order valence-electron chi connectivity index (χ3n) is 5.64. The Hall–Kier alpha value is -1.46. The summed E-state index contributed by atoms with van der Waals surface area (Å²) < 4.78 is 11.7. The number of ether oxygens (including phenoxy) is 2. The van der Waals surface area contributed by atoms with Gasteiger partial charge >= 0.3 is 6.09 Å². The monoisotopic (exact) mass is 422 g/mol. The van der Waals surface area contributed by atoms with Crippen molar-refractivity contribution in [3.05, 3.63) is 28.8 Å². The van der Waals surface area contributed by atoms with Crippen LogP contribution in [-0.4, -0.2) is 60.8 Å². The summed E-state index contributed by atoms with van der Waals surface area (Å²) in [4.78, 5) is 16.6. The van der Waals surface area contributed by atoms with Crippen LogP contribution in [0.3, 0.4) is 0 Å². The first-order chi connectivity index (χ1) is 13.8. The molecule has 162 valence electrons. The maximum absolute atomic E-state index is 12.3. The molecule has 2 aliphatic heterocycles. The van der Waals surface area contributed by atoms with E-state index in [1.165, 1.54) is 31.5 Å². The molecule has 3 rings (SSSR count). The smallest absolute Gasteiger partial charge is 0.410 e. The van der Waals surface area contributed by atoms with Gasteiger partial charge in [-0.3, -0.25) is 0 Å². The second kappa shape index (κ2) is 10.0. The molecule has 0 saturated carbocycles. The second-order valence-corrected chi connectivity index (χ2v) is 9.61. The first kappa shape index (κ1) is 22.2. The zero-order valence-corrected chi connectivity index (χ0v) is 18.8. The molecule has 2 heterocycles. The summed E-state index contributed by atoms with van der Waals surface area (Å²) in [7, 11) is 0. The van der Waals surface area contributed by atoms with Gasteiger partial charge in [-0.25, -0.2) is 4.79 Å². The summed E-state index contributed by atoms with van der Waals surface area (Å²) in [5.74, 6) is 1.27. The van der Waals surface area contributed by atoms with Gasteiger partial charge in [0, 0.05) is 24.7 Å². The van der Waals surface area contributed by atoms with Gasteiger partial charge in [-0.2, -0.15) is 0 Å². The van der Waals surface area contributed by atoms with Crippen LogP contribution in [0.15, 0.2) is 18.2 Å². The molecule has 0 aromatic heterocycles. The number of nitrogens with zero attached hydrogens (tertiary/aromatic N) is 2. The van der Waals surface area contributed by atoms with Crippen LogP contribution < -0.4 is 4.74 Å². The Morgan fingerprint density at radius 1 is 1.14 bits per heavy atom. The molecule has 0 N–H and O–H groups in total. The molecular formula is C23H35ClN2O3. The maximum atomic E-state index is 12.3. The van der Waals surface area contributed by atoms with Crippen LogP contribution in [0.4, 0.5) is 4.79 Å². The number of halogens is 1. The SMILES string of the molecule is CC(C)(C)OC(=O)N1CCC(c2ccc(Cl)cc2OCCCN2CCCC2)CC1. The van der Waals surface area contributed by atoms with E-state index in [1.54, 1.807) is 0 Å². The van der Waals surface area contributed by atoms with Crippen molar-refractivity contribution in [1.82, 2.24) is 9.80 Å². The third-order valence-corrected chi connectivity index (χ3v) is 5.87. The zero-order chi connectivity index (χ0) is 20.9. The number of hydrogen-bond donors (Lipinski definition) is 0. The largest absolute Gasteiger partial charge is 0.493 e. The van der Waals surface area contributed by atoms with Crippen molar-refractivity contribution in [2.45, 2.75) is 64.4 Å². The Kier molecular flexibility index (Phi) is 7.69. The highest BCUT2D eigenvalue weighted by atomic mass is 35.5. The van der Waals surface area contributed by atoms with E-state index in [0.29, 0.717) is 30.6 Å². The summed E-state index contributed by atoms with van der Waals surface area (Å²) in [5, 5.41) is 0.703. The van der Waals surface area contributed by atoms with Gasteiger partial charge in [0.1, 0.15) is 11.4 Å². The van der Waals surface area contributed by atoms with Gasteiger partial charge in [0.15, 0.2) is 0 Å². The molecule has 2 aliphatic rings. The number of benzene rings is 1. The lowest BCUT2D eigenvalue weighted by Gasteiger charge is -2.34. The number of amides is 1. The van der Waals surface area contributed by atoms with Crippen molar-refractivity contribution >= 4 is 17.7 Å². The lowest BCUT2D eigenvalue weighted by Crippen LogP contribution is -2.41. The number of rotatable bonds is 6. The molecule has 1 amide bonds. The normalized spacial score (nSPS) is 18.8. The minimum Gasteiger partial charge on any atom is -0.493 e. The number of carbonyl (C=O) groups excluding carboxylic acids is 1. The van der Waals surface area contributed by atoms with Crippen LogP contribution in [0.1, 0.15) is 64.4 Å². The van der Waals surface area contributed by atoms with E-state index < -0.39 is 5.60 Å². The highest BCUT2D eigenvalue weighted by molar-refractivity contribution is 6.30. The molecule has 0 bridgehead atoms. The van der Waals surface area contributed by atoms with Crippen molar-refractivity contribution < 1.29 is 14.3 Å². The van der Waals surface area contributed by atoms with Gasteiger partial charge in [-0.1, -0.05) is 17.7 Å². The molecule has 0 aliphatic carbocycles. The Bertz CT molecular complexity index is 675. The van der Waals surface area contributed by atoms with Crippen LogP contribution >= 0.6 is 11.6 Å². The van der Waals surface area contributed by atoms with Crippen LogP contribution in [0.25, 0.3) is 0 Å². The first-order valence-electron chi connectivity index (χ1n) is 10.9. The Morgan fingerprint density at radius 2 is 1.83 bits per heavy atom. The van der Waals surface area contributed by atoms with Gasteiger partial charge in [-0.05, 0) is 89.6 Å². The minimum atomic E-state index is -0.458. The first-order valence-corrected chi connectivity index (χ1v) is 11.3. The summed E-state index contributed by atoms with van der Waals surface area (Å²) in [5.41, 5.74) is 0.750. The molecule has 1 aromatic rings. The highest BCUT2D eigenvalue weighted by Gasteiger charge is 2.28. The van der Waals surface area contributed by atoms with Gasteiger partial charge < -0.3 is 19.3 Å². The summed E-state index contributed by atoms with van der Waals surface area (Å²) in [6.07, 6.45) is 5.27. The van der Waals surface area contributed by atoms with Crippen molar-refractivity contribution in [3.8, 4) is 5.75 Å². The van der Waals surface area contributed by atoms with Crippen molar-refractivity contribution in [1.29, 1.82) is 0 Å². The number of likely N-dealkylation sites (tertiary alicyclic amines) is 2. The molecular weight excluding hydrogens is 388 g/mol. The van der Waals surface area contributed by atoms with Crippen LogP contribution in [-0.2, 0) is 4.74 Å². The molecule has 2 saturated heterocycles. The fourth-order valence-electron chi connectivity index (χ4n) is 4.15. The quantitative estimate of drug-likeness (QED) is 0.582. The van der Waals surface area contributed by atoms with Gasteiger partial charge in [-0.15, -0.1) is 0 Å². The molecule has 6 heteroatoms. The number of piperidine rings is 1. The number of hydrogen-bond acceptors (Lipinski definition) is 4. The molecule has 0 spiro atoms. The van der Waals surface area contributed by atoms with E-state index in [1.807, 2.05) is 37.8 Å². The lowest BCUT2D eigenvalue weighted by molar-refractivity contribution is 0.0204. The molecule has 2 fully saturated rings. The van der Waals surface area contributed by atoms with E-state index in [0.717, 1.165) is 31.6 Å². The topological polar surface area (TPSA) is 42.0 Å². The predicted molar refractivity (Wildman–Crippen MR) is 117 cm³/mol. The molecule has 0 atom stereocenters. The fraction of sp³-hybridized carbons (Fsp3) is 0.696. The fourth-order valence-corrected chi connectivity index (χ4v) is 4.31. The molecule has 0 unspecified atom stereocenters. The van der Waals surface area contributed by atoms with E-state index in [9.17, 15) is 4.79 Å². The minimum absolute atomic E-state index is 0.217. The third kappa shape index (κ3) is 6.78. The standard InChI is InChI=1S/C23H35ClN2O3/c1-23(2,3)29-22(27)26-14-9-18(10-15-26)20-8-7-19(24)17-21(20)28-16-6-13-25-11-4-5-12-25/h7-8,17-18H,4-6,9-16H2,1-3H3. The Balaban J connectivity index is 1.53. The molecule has 1 aromatic carbocycles. The number of carbonyl (C=O) groups is 1. The summed E-state index contributed by atoms with van der Waals surface area (Å²) in [6, 6.07) is 5.97. The average Bonchev–Trinajstić information content (AvgIpc) is 3.18. The highest BCUT2D eigenvalue weighted by Crippen LogP contribution is 2.36. The van der Waals surface area contributed by atoms with E-state index >= 15 is 0 Å². The lowest BCUT2D eigenvalue weighted by atomic mass is 9.89.